The van der Waals surface area contributed by atoms with E-state index in [1.165, 1.54) is 6.33 Å². The van der Waals surface area contributed by atoms with E-state index >= 15 is 0 Å². The van der Waals surface area contributed by atoms with Crippen molar-refractivity contribution >= 4 is 11.9 Å². The van der Waals surface area contributed by atoms with E-state index < -0.39 is 0 Å². The van der Waals surface area contributed by atoms with Crippen LogP contribution in [0.25, 0.3) is 0 Å². The summed E-state index contributed by atoms with van der Waals surface area (Å²) in [6.45, 7) is 6.24. The molecule has 1 rings (SSSR count). The van der Waals surface area contributed by atoms with Gasteiger partial charge in [0.15, 0.2) is 0 Å². The molecule has 3 N–H and O–H groups in total. The molecule has 1 heterocycles. The van der Waals surface area contributed by atoms with Crippen molar-refractivity contribution in [2.24, 2.45) is 0 Å². The maximum absolute atomic E-state index is 11.3. The maximum atomic E-state index is 11.3. The van der Waals surface area contributed by atoms with E-state index in [4.69, 9.17) is 0 Å². The highest BCUT2D eigenvalue weighted by molar-refractivity contribution is 5.90. The number of amides is 1. The van der Waals surface area contributed by atoms with E-state index in [1.807, 2.05) is 20.8 Å². The molecule has 1 amide bonds. The minimum Gasteiger partial charge on any atom is -0.304 e. The Morgan fingerprint density at radius 3 is 2.79 bits per heavy atom. The highest BCUT2D eigenvalue weighted by Gasteiger charge is 2.11. The van der Waals surface area contributed by atoms with Gasteiger partial charge in [0, 0.05) is 5.54 Å². The number of carbonyl (C=O) groups is 1. The van der Waals surface area contributed by atoms with Crippen LogP contribution in [0.2, 0.25) is 0 Å². The third kappa shape index (κ3) is 3.99. The van der Waals surface area contributed by atoms with Crippen molar-refractivity contribution in [1.82, 2.24) is 20.5 Å². The maximum Gasteiger partial charge on any atom is 0.240 e. The number of hydrogen-bond donors (Lipinski definition) is 3. The van der Waals surface area contributed by atoms with Gasteiger partial charge in [0.25, 0.3) is 0 Å². The zero-order valence-electron chi connectivity index (χ0n) is 8.59. The van der Waals surface area contributed by atoms with Crippen molar-refractivity contribution < 1.29 is 4.79 Å². The second-order valence-corrected chi connectivity index (χ2v) is 3.99. The van der Waals surface area contributed by atoms with Gasteiger partial charge in [-0.1, -0.05) is 0 Å². The Morgan fingerprint density at radius 2 is 2.29 bits per heavy atom. The summed E-state index contributed by atoms with van der Waals surface area (Å²) in [4.78, 5) is 15.1. The van der Waals surface area contributed by atoms with Gasteiger partial charge in [-0.25, -0.2) is 5.10 Å². The SMILES string of the molecule is CC(C)(C)NCC(=O)Nc1ncn[nH]1. The number of aromatic nitrogens is 3. The van der Waals surface area contributed by atoms with Crippen LogP contribution in [0, 0.1) is 0 Å². The molecular formula is C8H15N5O. The van der Waals surface area contributed by atoms with E-state index in [0.29, 0.717) is 5.95 Å². The van der Waals surface area contributed by atoms with Gasteiger partial charge in [0.1, 0.15) is 6.33 Å². The Balaban J connectivity index is 2.30. The van der Waals surface area contributed by atoms with Crippen molar-refractivity contribution in [3.8, 4) is 0 Å². The lowest BCUT2D eigenvalue weighted by Crippen LogP contribution is -2.41. The number of nitrogens with one attached hydrogen (secondary N) is 3. The first-order valence-electron chi connectivity index (χ1n) is 4.37. The summed E-state index contributed by atoms with van der Waals surface area (Å²) in [5, 5.41) is 11.8. The fourth-order valence-corrected chi connectivity index (χ4v) is 0.787. The van der Waals surface area contributed by atoms with Crippen molar-refractivity contribution in [3.63, 3.8) is 0 Å². The third-order valence-corrected chi connectivity index (χ3v) is 1.45. The number of aromatic amines is 1. The molecule has 1 aromatic heterocycles. The largest absolute Gasteiger partial charge is 0.304 e. The molecule has 0 aliphatic rings. The second-order valence-electron chi connectivity index (χ2n) is 3.99. The molecule has 1 aromatic rings. The Labute approximate surface area is 82.5 Å². The number of H-pyrrole nitrogens is 1. The molecule has 0 atom stereocenters. The smallest absolute Gasteiger partial charge is 0.240 e. The van der Waals surface area contributed by atoms with Gasteiger partial charge in [0.05, 0.1) is 6.54 Å². The molecule has 0 aliphatic heterocycles. The zero-order chi connectivity index (χ0) is 10.6. The van der Waals surface area contributed by atoms with E-state index in [0.717, 1.165) is 0 Å². The first-order chi connectivity index (χ1) is 6.47. The molecule has 14 heavy (non-hydrogen) atoms. The number of rotatable bonds is 3. The van der Waals surface area contributed by atoms with E-state index in [1.54, 1.807) is 0 Å². The third-order valence-electron chi connectivity index (χ3n) is 1.45. The molecule has 0 fully saturated rings. The topological polar surface area (TPSA) is 82.7 Å². The van der Waals surface area contributed by atoms with E-state index in [9.17, 15) is 4.79 Å². The standard InChI is InChI=1S/C8H15N5O/c1-8(2,3)10-4-6(14)12-7-9-5-11-13-7/h5,10H,4H2,1-3H3,(H2,9,11,12,13,14). The van der Waals surface area contributed by atoms with Crippen LogP contribution < -0.4 is 10.6 Å². The number of nitrogens with zero attached hydrogens (tertiary/aromatic N) is 2. The predicted molar refractivity (Wildman–Crippen MR) is 52.8 cm³/mol. The molecule has 6 heteroatoms. The summed E-state index contributed by atoms with van der Waals surface area (Å²) >= 11 is 0. The van der Waals surface area contributed by atoms with Crippen LogP contribution in [0.15, 0.2) is 6.33 Å². The van der Waals surface area contributed by atoms with Gasteiger partial charge in [-0.2, -0.15) is 10.1 Å². The Morgan fingerprint density at radius 1 is 1.57 bits per heavy atom. The molecule has 78 valence electrons. The Hall–Kier alpha value is -1.43. The monoisotopic (exact) mass is 197 g/mol. The lowest BCUT2D eigenvalue weighted by molar-refractivity contribution is -0.115. The second kappa shape index (κ2) is 4.19. The van der Waals surface area contributed by atoms with Crippen LogP contribution in [0.5, 0.6) is 0 Å². The first-order valence-corrected chi connectivity index (χ1v) is 4.37. The lowest BCUT2D eigenvalue weighted by atomic mass is 10.1. The normalized spacial score (nSPS) is 11.4. The summed E-state index contributed by atoms with van der Waals surface area (Å²) in [5.41, 5.74) is -0.0707. The van der Waals surface area contributed by atoms with Crippen molar-refractivity contribution in [1.29, 1.82) is 0 Å². The van der Waals surface area contributed by atoms with Crippen LogP contribution in [0.3, 0.4) is 0 Å². The highest BCUT2D eigenvalue weighted by Crippen LogP contribution is 1.97. The quantitative estimate of drug-likeness (QED) is 0.643. The molecule has 6 nitrogen and oxygen atoms in total. The molecule has 0 unspecified atom stereocenters. The number of anilines is 1. The summed E-state index contributed by atoms with van der Waals surface area (Å²) in [7, 11) is 0. The minimum absolute atomic E-state index is 0.0707. The average Bonchev–Trinajstić information content (AvgIpc) is 2.52. The molecule has 0 radical (unpaired) electrons. The van der Waals surface area contributed by atoms with Crippen molar-refractivity contribution in [3.05, 3.63) is 6.33 Å². The molecule has 0 spiro atoms. The average molecular weight is 197 g/mol. The predicted octanol–water partition coefficient (Wildman–Crippen LogP) is 0.131. The van der Waals surface area contributed by atoms with Gasteiger partial charge >= 0.3 is 0 Å². The minimum atomic E-state index is -0.142. The van der Waals surface area contributed by atoms with Crippen molar-refractivity contribution in [2.75, 3.05) is 11.9 Å². The molecule has 0 saturated carbocycles. The van der Waals surface area contributed by atoms with E-state index in [2.05, 4.69) is 25.8 Å². The number of hydrogen-bond acceptors (Lipinski definition) is 4. The van der Waals surface area contributed by atoms with Gasteiger partial charge in [-0.15, -0.1) is 0 Å². The zero-order valence-corrected chi connectivity index (χ0v) is 8.59. The van der Waals surface area contributed by atoms with Gasteiger partial charge in [-0.3, -0.25) is 10.1 Å². The molecule has 0 aliphatic carbocycles. The van der Waals surface area contributed by atoms with Crippen LogP contribution in [0.1, 0.15) is 20.8 Å². The van der Waals surface area contributed by atoms with Crippen LogP contribution in [-0.2, 0) is 4.79 Å². The van der Waals surface area contributed by atoms with Crippen LogP contribution >= 0.6 is 0 Å². The summed E-state index contributed by atoms with van der Waals surface area (Å²) in [6.07, 6.45) is 1.34. The number of carbonyl (C=O) groups excluding carboxylic acids is 1. The lowest BCUT2D eigenvalue weighted by Gasteiger charge is -2.19. The molecule has 0 saturated heterocycles. The highest BCUT2D eigenvalue weighted by atomic mass is 16.2. The molecule has 0 bridgehead atoms. The van der Waals surface area contributed by atoms with Gasteiger partial charge in [-0.05, 0) is 20.8 Å². The van der Waals surface area contributed by atoms with Gasteiger partial charge < -0.3 is 5.32 Å². The fourth-order valence-electron chi connectivity index (χ4n) is 0.787. The summed E-state index contributed by atoms with van der Waals surface area (Å²) < 4.78 is 0. The van der Waals surface area contributed by atoms with Crippen LogP contribution in [-0.4, -0.2) is 33.2 Å². The molecule has 0 aromatic carbocycles. The summed E-state index contributed by atoms with van der Waals surface area (Å²) in [6, 6.07) is 0. The summed E-state index contributed by atoms with van der Waals surface area (Å²) in [5.74, 6) is 0.224. The van der Waals surface area contributed by atoms with Gasteiger partial charge in [0.2, 0.25) is 11.9 Å². The van der Waals surface area contributed by atoms with E-state index in [-0.39, 0.29) is 18.0 Å². The Bertz CT molecular complexity index is 287. The fraction of sp³-hybridized carbons (Fsp3) is 0.625. The first kappa shape index (κ1) is 10.6. The molecular weight excluding hydrogens is 182 g/mol. The van der Waals surface area contributed by atoms with Crippen LogP contribution in [0.4, 0.5) is 5.95 Å². The Kier molecular flexibility index (Phi) is 3.19. The van der Waals surface area contributed by atoms with Crippen molar-refractivity contribution in [2.45, 2.75) is 26.3 Å².